The van der Waals surface area contributed by atoms with Gasteiger partial charge in [0.25, 0.3) is 0 Å². The summed E-state index contributed by atoms with van der Waals surface area (Å²) in [6, 6.07) is 3.11. The minimum absolute atomic E-state index is 0.127. The molecule has 1 rings (SSSR count). The van der Waals surface area contributed by atoms with Gasteiger partial charge in [0.05, 0.1) is 17.4 Å². The van der Waals surface area contributed by atoms with Crippen molar-refractivity contribution in [2.45, 2.75) is 26.8 Å². The second-order valence-corrected chi connectivity index (χ2v) is 3.90. The van der Waals surface area contributed by atoms with Crippen molar-refractivity contribution in [1.82, 2.24) is 4.98 Å². The summed E-state index contributed by atoms with van der Waals surface area (Å²) in [5.41, 5.74) is 7.24. The second-order valence-electron chi connectivity index (χ2n) is 3.90. The number of anilines is 1. The molecule has 4 nitrogen and oxygen atoms in total. The highest BCUT2D eigenvalue weighted by atomic mass is 16.2. The fourth-order valence-electron chi connectivity index (χ4n) is 1.14. The van der Waals surface area contributed by atoms with E-state index in [0.717, 1.165) is 11.4 Å². The van der Waals surface area contributed by atoms with Gasteiger partial charge in [-0.15, -0.1) is 0 Å². The van der Waals surface area contributed by atoms with Crippen molar-refractivity contribution >= 4 is 11.6 Å². The third-order valence-electron chi connectivity index (χ3n) is 2.29. The van der Waals surface area contributed by atoms with Crippen LogP contribution in [0.25, 0.3) is 0 Å². The Bertz CT molecular complexity index is 349. The van der Waals surface area contributed by atoms with Crippen LogP contribution in [0.3, 0.4) is 0 Å². The van der Waals surface area contributed by atoms with Crippen LogP contribution in [0.5, 0.6) is 0 Å². The Labute approximate surface area is 89.9 Å². The van der Waals surface area contributed by atoms with Gasteiger partial charge in [-0.1, -0.05) is 13.8 Å². The minimum Gasteiger partial charge on any atom is -0.323 e. The molecule has 82 valence electrons. The van der Waals surface area contributed by atoms with Crippen LogP contribution in [-0.2, 0) is 4.79 Å². The summed E-state index contributed by atoms with van der Waals surface area (Å²) < 4.78 is 0. The Morgan fingerprint density at radius 2 is 2.20 bits per heavy atom. The van der Waals surface area contributed by atoms with Crippen LogP contribution >= 0.6 is 0 Å². The molecule has 1 atom stereocenters. The lowest BCUT2D eigenvalue weighted by Crippen LogP contribution is -2.39. The molecule has 0 bridgehead atoms. The summed E-state index contributed by atoms with van der Waals surface area (Å²) in [5.74, 6) is -0.0388. The van der Waals surface area contributed by atoms with E-state index in [-0.39, 0.29) is 11.8 Å². The van der Waals surface area contributed by atoms with Gasteiger partial charge < -0.3 is 11.1 Å². The summed E-state index contributed by atoms with van der Waals surface area (Å²) in [4.78, 5) is 15.7. The molecule has 0 saturated carbocycles. The molecular weight excluding hydrogens is 190 g/mol. The van der Waals surface area contributed by atoms with Crippen LogP contribution in [0, 0.1) is 12.8 Å². The van der Waals surface area contributed by atoms with Crippen molar-refractivity contribution < 1.29 is 4.79 Å². The van der Waals surface area contributed by atoms with Crippen molar-refractivity contribution in [2.24, 2.45) is 11.7 Å². The van der Waals surface area contributed by atoms with Gasteiger partial charge in [-0.2, -0.15) is 0 Å². The number of carbonyl (C=O) groups is 1. The standard InChI is InChI=1S/C11H17N3O/c1-7(2)10(12)11(15)14-9-5-4-6-13-8(9)3/h4-7,10H,12H2,1-3H3,(H,14,15)/t10-/m1/s1. The van der Waals surface area contributed by atoms with Crippen LogP contribution < -0.4 is 11.1 Å². The van der Waals surface area contributed by atoms with Gasteiger partial charge >= 0.3 is 0 Å². The molecule has 1 heterocycles. The quantitative estimate of drug-likeness (QED) is 0.785. The molecule has 0 fully saturated rings. The van der Waals surface area contributed by atoms with E-state index < -0.39 is 6.04 Å². The molecule has 1 amide bonds. The zero-order valence-corrected chi connectivity index (χ0v) is 9.32. The van der Waals surface area contributed by atoms with E-state index in [4.69, 9.17) is 5.73 Å². The maximum absolute atomic E-state index is 11.6. The van der Waals surface area contributed by atoms with E-state index in [1.165, 1.54) is 0 Å². The van der Waals surface area contributed by atoms with Gasteiger partial charge in [0.1, 0.15) is 0 Å². The number of pyridine rings is 1. The second kappa shape index (κ2) is 4.89. The van der Waals surface area contributed by atoms with Crippen LogP contribution in [0.15, 0.2) is 18.3 Å². The van der Waals surface area contributed by atoms with Gasteiger partial charge in [-0.25, -0.2) is 0 Å². The Balaban J connectivity index is 2.71. The molecule has 0 spiro atoms. The van der Waals surface area contributed by atoms with Gasteiger partial charge in [0.15, 0.2) is 0 Å². The molecule has 0 unspecified atom stereocenters. The molecule has 3 N–H and O–H groups in total. The molecule has 0 aliphatic heterocycles. The molecule has 0 aromatic carbocycles. The van der Waals surface area contributed by atoms with Crippen LogP contribution in [0.1, 0.15) is 19.5 Å². The predicted molar refractivity (Wildman–Crippen MR) is 60.4 cm³/mol. The number of nitrogens with two attached hydrogens (primary N) is 1. The molecule has 4 heteroatoms. The monoisotopic (exact) mass is 207 g/mol. The molecule has 1 aromatic rings. The summed E-state index contributed by atoms with van der Waals surface area (Å²) in [6.45, 7) is 5.68. The lowest BCUT2D eigenvalue weighted by atomic mass is 10.0. The van der Waals surface area contributed by atoms with Gasteiger partial charge in [0.2, 0.25) is 5.91 Å². The first-order valence-electron chi connectivity index (χ1n) is 5.00. The van der Waals surface area contributed by atoms with E-state index in [2.05, 4.69) is 10.3 Å². The fourth-order valence-corrected chi connectivity index (χ4v) is 1.14. The average Bonchev–Trinajstić information content (AvgIpc) is 2.20. The van der Waals surface area contributed by atoms with Gasteiger partial charge in [-0.05, 0) is 25.0 Å². The largest absolute Gasteiger partial charge is 0.323 e. The van der Waals surface area contributed by atoms with Gasteiger partial charge in [0, 0.05) is 6.20 Å². The molecule has 0 radical (unpaired) electrons. The first kappa shape index (κ1) is 11.7. The minimum atomic E-state index is -0.482. The lowest BCUT2D eigenvalue weighted by Gasteiger charge is -2.15. The number of nitrogens with zero attached hydrogens (tertiary/aromatic N) is 1. The number of aryl methyl sites for hydroxylation is 1. The number of nitrogens with one attached hydrogen (secondary N) is 1. The number of amides is 1. The molecule has 0 saturated heterocycles. The predicted octanol–water partition coefficient (Wildman–Crippen LogP) is 1.31. The Hall–Kier alpha value is -1.42. The zero-order chi connectivity index (χ0) is 11.4. The van der Waals surface area contributed by atoms with E-state index in [9.17, 15) is 4.79 Å². The SMILES string of the molecule is Cc1ncccc1NC(=O)[C@H](N)C(C)C. The molecule has 15 heavy (non-hydrogen) atoms. The van der Waals surface area contributed by atoms with Crippen LogP contribution in [0.2, 0.25) is 0 Å². The molecular formula is C11H17N3O. The summed E-state index contributed by atoms with van der Waals surface area (Å²) in [7, 11) is 0. The van der Waals surface area contributed by atoms with Crippen molar-refractivity contribution in [3.63, 3.8) is 0 Å². The molecule has 0 aliphatic carbocycles. The van der Waals surface area contributed by atoms with E-state index in [0.29, 0.717) is 0 Å². The van der Waals surface area contributed by atoms with Gasteiger partial charge in [-0.3, -0.25) is 9.78 Å². The van der Waals surface area contributed by atoms with Crippen molar-refractivity contribution in [1.29, 1.82) is 0 Å². The number of aromatic nitrogens is 1. The first-order valence-corrected chi connectivity index (χ1v) is 5.00. The van der Waals surface area contributed by atoms with Crippen LogP contribution in [0.4, 0.5) is 5.69 Å². The number of hydrogen-bond acceptors (Lipinski definition) is 3. The molecule has 1 aromatic heterocycles. The fraction of sp³-hybridized carbons (Fsp3) is 0.455. The summed E-state index contributed by atoms with van der Waals surface area (Å²) >= 11 is 0. The highest BCUT2D eigenvalue weighted by Gasteiger charge is 2.17. The zero-order valence-electron chi connectivity index (χ0n) is 9.32. The summed E-state index contributed by atoms with van der Waals surface area (Å²) in [5, 5.41) is 2.76. The highest BCUT2D eigenvalue weighted by molar-refractivity contribution is 5.95. The maximum atomic E-state index is 11.6. The van der Waals surface area contributed by atoms with Crippen molar-refractivity contribution in [2.75, 3.05) is 5.32 Å². The maximum Gasteiger partial charge on any atom is 0.241 e. The highest BCUT2D eigenvalue weighted by Crippen LogP contribution is 2.11. The average molecular weight is 207 g/mol. The van der Waals surface area contributed by atoms with Crippen molar-refractivity contribution in [3.05, 3.63) is 24.0 Å². The van der Waals surface area contributed by atoms with E-state index in [1.807, 2.05) is 26.8 Å². The Morgan fingerprint density at radius 1 is 1.53 bits per heavy atom. The Kier molecular flexibility index (Phi) is 3.80. The van der Waals surface area contributed by atoms with E-state index in [1.54, 1.807) is 12.3 Å². The topological polar surface area (TPSA) is 68.0 Å². The number of hydrogen-bond donors (Lipinski definition) is 2. The van der Waals surface area contributed by atoms with Crippen molar-refractivity contribution in [3.8, 4) is 0 Å². The number of carbonyl (C=O) groups excluding carboxylic acids is 1. The third-order valence-corrected chi connectivity index (χ3v) is 2.29. The number of rotatable bonds is 3. The first-order chi connectivity index (χ1) is 7.02. The summed E-state index contributed by atoms with van der Waals surface area (Å²) in [6.07, 6.45) is 1.69. The third kappa shape index (κ3) is 3.02. The smallest absolute Gasteiger partial charge is 0.241 e. The van der Waals surface area contributed by atoms with Crippen LogP contribution in [-0.4, -0.2) is 16.9 Å². The van der Waals surface area contributed by atoms with E-state index >= 15 is 0 Å². The molecule has 0 aliphatic rings. The Morgan fingerprint density at radius 3 is 2.73 bits per heavy atom. The normalized spacial score (nSPS) is 12.6. The lowest BCUT2D eigenvalue weighted by molar-refractivity contribution is -0.118.